The largest absolute Gasteiger partial charge is 0.494 e. The molecule has 0 spiro atoms. The fourth-order valence-corrected chi connectivity index (χ4v) is 1.99. The summed E-state index contributed by atoms with van der Waals surface area (Å²) >= 11 is 0. The second kappa shape index (κ2) is 7.59. The summed E-state index contributed by atoms with van der Waals surface area (Å²) in [6.07, 6.45) is 0.899. The molecule has 0 aliphatic carbocycles. The molecule has 1 heterocycles. The van der Waals surface area contributed by atoms with Crippen LogP contribution >= 0.6 is 0 Å². The molecule has 5 nitrogen and oxygen atoms in total. The second-order valence-corrected chi connectivity index (χ2v) is 4.74. The molecule has 0 amide bonds. The number of benzene rings is 1. The molecule has 0 fully saturated rings. The smallest absolute Gasteiger partial charge is 0.223 e. The second-order valence-electron chi connectivity index (χ2n) is 4.74. The van der Waals surface area contributed by atoms with E-state index in [-0.39, 0.29) is 0 Å². The number of aryl methyl sites for hydroxylation is 1. The van der Waals surface area contributed by atoms with Gasteiger partial charge in [-0.05, 0) is 57.1 Å². The van der Waals surface area contributed by atoms with Crippen LogP contribution in [-0.2, 0) is 0 Å². The van der Waals surface area contributed by atoms with Gasteiger partial charge in [0.15, 0.2) is 0 Å². The maximum atomic E-state index is 5.49. The van der Waals surface area contributed by atoms with Crippen molar-refractivity contribution in [1.29, 1.82) is 0 Å². The number of hydrogen-bond donors (Lipinski definition) is 2. The Bertz CT molecular complexity index is 569. The van der Waals surface area contributed by atoms with E-state index in [2.05, 4.69) is 15.3 Å². The van der Waals surface area contributed by atoms with Crippen LogP contribution in [0.25, 0.3) is 11.3 Å². The van der Waals surface area contributed by atoms with Crippen LogP contribution in [0, 0.1) is 6.92 Å². The van der Waals surface area contributed by atoms with E-state index in [9.17, 15) is 0 Å². The third-order valence-electron chi connectivity index (χ3n) is 2.98. The van der Waals surface area contributed by atoms with Crippen LogP contribution in [0.5, 0.6) is 5.75 Å². The number of ether oxygens (including phenoxy) is 1. The van der Waals surface area contributed by atoms with Gasteiger partial charge in [0.05, 0.1) is 12.3 Å². The Balaban J connectivity index is 2.18. The normalized spacial score (nSPS) is 10.4. The molecule has 0 aliphatic heterocycles. The standard InChI is InChI=1S/C16H22N4O/c1-3-21-14-7-5-13(6-8-14)15-11-12(2)19-16(20-15)18-10-4-9-17/h5-8,11H,3-4,9-10,17H2,1-2H3,(H,18,19,20). The fourth-order valence-electron chi connectivity index (χ4n) is 1.99. The summed E-state index contributed by atoms with van der Waals surface area (Å²) in [4.78, 5) is 8.94. The summed E-state index contributed by atoms with van der Waals surface area (Å²) in [6, 6.07) is 9.91. The molecule has 0 atom stereocenters. The molecule has 21 heavy (non-hydrogen) atoms. The highest BCUT2D eigenvalue weighted by molar-refractivity contribution is 5.61. The average molecular weight is 286 g/mol. The third-order valence-corrected chi connectivity index (χ3v) is 2.98. The molecular formula is C16H22N4O. The van der Waals surface area contributed by atoms with Gasteiger partial charge in [0.25, 0.3) is 0 Å². The van der Waals surface area contributed by atoms with Crippen LogP contribution in [0.15, 0.2) is 30.3 Å². The van der Waals surface area contributed by atoms with E-state index >= 15 is 0 Å². The Morgan fingerprint density at radius 1 is 1.19 bits per heavy atom. The van der Waals surface area contributed by atoms with Crippen molar-refractivity contribution < 1.29 is 4.74 Å². The summed E-state index contributed by atoms with van der Waals surface area (Å²) in [5.41, 5.74) is 8.37. The molecule has 0 unspecified atom stereocenters. The van der Waals surface area contributed by atoms with Crippen LogP contribution in [0.2, 0.25) is 0 Å². The predicted molar refractivity (Wildman–Crippen MR) is 85.5 cm³/mol. The lowest BCUT2D eigenvalue weighted by Gasteiger charge is -2.09. The van der Waals surface area contributed by atoms with Crippen molar-refractivity contribution in [1.82, 2.24) is 9.97 Å². The van der Waals surface area contributed by atoms with E-state index in [4.69, 9.17) is 10.5 Å². The maximum absolute atomic E-state index is 5.49. The van der Waals surface area contributed by atoms with Gasteiger partial charge in [-0.2, -0.15) is 0 Å². The maximum Gasteiger partial charge on any atom is 0.223 e. The number of hydrogen-bond acceptors (Lipinski definition) is 5. The van der Waals surface area contributed by atoms with Crippen molar-refractivity contribution in [3.63, 3.8) is 0 Å². The Hall–Kier alpha value is -2.14. The number of anilines is 1. The molecule has 0 bridgehead atoms. The van der Waals surface area contributed by atoms with Gasteiger partial charge >= 0.3 is 0 Å². The van der Waals surface area contributed by atoms with E-state index in [1.165, 1.54) is 0 Å². The summed E-state index contributed by atoms with van der Waals surface area (Å²) < 4.78 is 5.45. The number of nitrogens with two attached hydrogens (primary N) is 1. The number of rotatable bonds is 7. The first-order chi connectivity index (χ1) is 10.2. The lowest BCUT2D eigenvalue weighted by atomic mass is 10.1. The van der Waals surface area contributed by atoms with Crippen LogP contribution in [0.3, 0.4) is 0 Å². The summed E-state index contributed by atoms with van der Waals surface area (Å²) in [7, 11) is 0. The highest BCUT2D eigenvalue weighted by Crippen LogP contribution is 2.22. The van der Waals surface area contributed by atoms with Gasteiger partial charge in [-0.1, -0.05) is 0 Å². The van der Waals surface area contributed by atoms with E-state index in [0.29, 0.717) is 19.1 Å². The third kappa shape index (κ3) is 4.43. The Morgan fingerprint density at radius 3 is 2.62 bits per heavy atom. The van der Waals surface area contributed by atoms with E-state index in [0.717, 1.165) is 35.7 Å². The van der Waals surface area contributed by atoms with Crippen molar-refractivity contribution in [3.8, 4) is 17.0 Å². The molecule has 0 radical (unpaired) electrons. The first-order valence-electron chi connectivity index (χ1n) is 7.25. The molecule has 3 N–H and O–H groups in total. The highest BCUT2D eigenvalue weighted by atomic mass is 16.5. The molecule has 112 valence electrons. The lowest BCUT2D eigenvalue weighted by molar-refractivity contribution is 0.340. The summed E-state index contributed by atoms with van der Waals surface area (Å²) in [5, 5.41) is 3.20. The molecule has 0 saturated heterocycles. The minimum Gasteiger partial charge on any atom is -0.494 e. The van der Waals surface area contributed by atoms with Crippen LogP contribution in [0.1, 0.15) is 19.0 Å². The van der Waals surface area contributed by atoms with E-state index in [1.807, 2.05) is 44.2 Å². The first-order valence-corrected chi connectivity index (χ1v) is 7.25. The van der Waals surface area contributed by atoms with Crippen LogP contribution in [0.4, 0.5) is 5.95 Å². The Kier molecular flexibility index (Phi) is 5.51. The van der Waals surface area contributed by atoms with Crippen LogP contribution in [-0.4, -0.2) is 29.7 Å². The fraction of sp³-hybridized carbons (Fsp3) is 0.375. The van der Waals surface area contributed by atoms with Gasteiger partial charge in [0.2, 0.25) is 5.95 Å². The van der Waals surface area contributed by atoms with Gasteiger partial charge in [0, 0.05) is 17.8 Å². The highest BCUT2D eigenvalue weighted by Gasteiger charge is 2.05. The van der Waals surface area contributed by atoms with Gasteiger partial charge in [0.1, 0.15) is 5.75 Å². The quantitative estimate of drug-likeness (QED) is 0.765. The SMILES string of the molecule is CCOc1ccc(-c2cc(C)nc(NCCCN)n2)cc1. The lowest BCUT2D eigenvalue weighted by Crippen LogP contribution is -2.11. The van der Waals surface area contributed by atoms with Crippen molar-refractivity contribution in [2.24, 2.45) is 5.73 Å². The van der Waals surface area contributed by atoms with Gasteiger partial charge in [-0.3, -0.25) is 0 Å². The van der Waals surface area contributed by atoms with Crippen LogP contribution < -0.4 is 15.8 Å². The molecule has 2 rings (SSSR count). The number of aromatic nitrogens is 2. The average Bonchev–Trinajstić information content (AvgIpc) is 2.48. The first kappa shape index (κ1) is 15.3. The Morgan fingerprint density at radius 2 is 1.95 bits per heavy atom. The molecular weight excluding hydrogens is 264 g/mol. The van der Waals surface area contributed by atoms with Crippen molar-refractivity contribution in [2.45, 2.75) is 20.3 Å². The van der Waals surface area contributed by atoms with Gasteiger partial charge in [-0.25, -0.2) is 9.97 Å². The molecule has 2 aromatic rings. The zero-order valence-electron chi connectivity index (χ0n) is 12.6. The predicted octanol–water partition coefficient (Wildman–Crippen LogP) is 2.61. The van der Waals surface area contributed by atoms with Crippen molar-refractivity contribution >= 4 is 5.95 Å². The minimum atomic E-state index is 0.646. The van der Waals surface area contributed by atoms with E-state index in [1.54, 1.807) is 0 Å². The van der Waals surface area contributed by atoms with Gasteiger partial charge < -0.3 is 15.8 Å². The summed E-state index contributed by atoms with van der Waals surface area (Å²) in [6.45, 7) is 6.04. The molecule has 1 aromatic heterocycles. The molecule has 1 aromatic carbocycles. The molecule has 0 aliphatic rings. The topological polar surface area (TPSA) is 73.1 Å². The van der Waals surface area contributed by atoms with Gasteiger partial charge in [-0.15, -0.1) is 0 Å². The number of nitrogens with zero attached hydrogens (tertiary/aromatic N) is 2. The molecule has 5 heteroatoms. The molecule has 0 saturated carbocycles. The van der Waals surface area contributed by atoms with Crippen molar-refractivity contribution in [3.05, 3.63) is 36.0 Å². The zero-order valence-corrected chi connectivity index (χ0v) is 12.6. The zero-order chi connectivity index (χ0) is 15.1. The van der Waals surface area contributed by atoms with Crippen molar-refractivity contribution in [2.75, 3.05) is 25.0 Å². The van der Waals surface area contributed by atoms with E-state index < -0.39 is 0 Å². The minimum absolute atomic E-state index is 0.646. The monoisotopic (exact) mass is 286 g/mol. The Labute approximate surface area is 125 Å². The number of nitrogens with one attached hydrogen (secondary N) is 1. The summed E-state index contributed by atoms with van der Waals surface area (Å²) in [5.74, 6) is 1.51.